The van der Waals surface area contributed by atoms with Crippen LogP contribution in [0.2, 0.25) is 5.02 Å². The lowest BCUT2D eigenvalue weighted by Crippen LogP contribution is -2.21. The standard InChI is InChI=1S/C16H22ClN3O/c1-5-12-10-14(20(6-2)19-12)16(18-3)11-7-8-13(17)15(9-11)21-4/h7-10,16,18H,5-6H2,1-4H3. The molecule has 0 amide bonds. The Balaban J connectivity index is 2.46. The lowest BCUT2D eigenvalue weighted by molar-refractivity contribution is 0.414. The van der Waals surface area contributed by atoms with Gasteiger partial charge in [0, 0.05) is 6.54 Å². The monoisotopic (exact) mass is 307 g/mol. The minimum Gasteiger partial charge on any atom is -0.495 e. The molecule has 1 heterocycles. The van der Waals surface area contributed by atoms with E-state index in [0.29, 0.717) is 10.8 Å². The van der Waals surface area contributed by atoms with E-state index in [-0.39, 0.29) is 6.04 Å². The van der Waals surface area contributed by atoms with Crippen LogP contribution in [0.1, 0.15) is 36.8 Å². The van der Waals surface area contributed by atoms with Crippen LogP contribution in [0.5, 0.6) is 5.75 Å². The molecule has 1 N–H and O–H groups in total. The molecule has 2 aromatic rings. The van der Waals surface area contributed by atoms with E-state index in [0.717, 1.165) is 29.9 Å². The summed E-state index contributed by atoms with van der Waals surface area (Å²) < 4.78 is 7.36. The average molecular weight is 308 g/mol. The van der Waals surface area contributed by atoms with Gasteiger partial charge in [0.2, 0.25) is 0 Å². The molecule has 0 spiro atoms. The second-order valence-electron chi connectivity index (χ2n) is 4.85. The molecule has 0 saturated heterocycles. The van der Waals surface area contributed by atoms with Crippen LogP contribution in [-0.2, 0) is 13.0 Å². The maximum Gasteiger partial charge on any atom is 0.137 e. The molecule has 1 aromatic heterocycles. The smallest absolute Gasteiger partial charge is 0.137 e. The SMILES string of the molecule is CCc1cc(C(NC)c2ccc(Cl)c(OC)c2)n(CC)n1. The molecule has 0 aliphatic rings. The third kappa shape index (κ3) is 3.22. The van der Waals surface area contributed by atoms with Gasteiger partial charge in [0.15, 0.2) is 0 Å². The highest BCUT2D eigenvalue weighted by atomic mass is 35.5. The number of hydrogen-bond donors (Lipinski definition) is 1. The fourth-order valence-corrected chi connectivity index (χ4v) is 2.68. The number of nitrogens with zero attached hydrogens (tertiary/aromatic N) is 2. The van der Waals surface area contributed by atoms with Crippen molar-refractivity contribution in [3.05, 3.63) is 46.2 Å². The van der Waals surface area contributed by atoms with Gasteiger partial charge in [-0.15, -0.1) is 0 Å². The molecular weight excluding hydrogens is 286 g/mol. The highest BCUT2D eigenvalue weighted by Gasteiger charge is 2.19. The zero-order valence-electron chi connectivity index (χ0n) is 13.0. The van der Waals surface area contributed by atoms with E-state index in [4.69, 9.17) is 16.3 Å². The number of ether oxygens (including phenoxy) is 1. The average Bonchev–Trinajstić information content (AvgIpc) is 2.92. The first kappa shape index (κ1) is 15.9. The van der Waals surface area contributed by atoms with Gasteiger partial charge in [0.1, 0.15) is 5.75 Å². The van der Waals surface area contributed by atoms with Crippen LogP contribution in [0, 0.1) is 0 Å². The van der Waals surface area contributed by atoms with Crippen LogP contribution in [0.3, 0.4) is 0 Å². The van der Waals surface area contributed by atoms with Crippen molar-refractivity contribution in [2.45, 2.75) is 32.9 Å². The van der Waals surface area contributed by atoms with Crippen molar-refractivity contribution >= 4 is 11.6 Å². The Morgan fingerprint density at radius 2 is 2.10 bits per heavy atom. The number of hydrogen-bond acceptors (Lipinski definition) is 3. The van der Waals surface area contributed by atoms with E-state index in [2.05, 4.69) is 30.3 Å². The third-order valence-corrected chi connectivity index (χ3v) is 3.93. The molecule has 5 heteroatoms. The molecule has 2 rings (SSSR count). The van der Waals surface area contributed by atoms with E-state index in [1.807, 2.05) is 29.9 Å². The normalized spacial score (nSPS) is 12.4. The van der Waals surface area contributed by atoms with Crippen molar-refractivity contribution < 1.29 is 4.74 Å². The highest BCUT2D eigenvalue weighted by molar-refractivity contribution is 6.32. The van der Waals surface area contributed by atoms with E-state index in [1.165, 1.54) is 0 Å². The third-order valence-electron chi connectivity index (χ3n) is 3.62. The molecule has 1 atom stereocenters. The van der Waals surface area contributed by atoms with Crippen LogP contribution < -0.4 is 10.1 Å². The number of aryl methyl sites for hydroxylation is 2. The number of nitrogens with one attached hydrogen (secondary N) is 1. The first-order valence-corrected chi connectivity index (χ1v) is 7.59. The zero-order chi connectivity index (χ0) is 15.4. The highest BCUT2D eigenvalue weighted by Crippen LogP contribution is 2.30. The minimum absolute atomic E-state index is 0.0592. The molecule has 114 valence electrons. The molecule has 0 aliphatic carbocycles. The summed E-state index contributed by atoms with van der Waals surface area (Å²) in [6, 6.07) is 8.08. The Morgan fingerprint density at radius 3 is 2.67 bits per heavy atom. The zero-order valence-corrected chi connectivity index (χ0v) is 13.7. The van der Waals surface area contributed by atoms with Crippen molar-refractivity contribution in [3.8, 4) is 5.75 Å². The molecule has 0 bridgehead atoms. The van der Waals surface area contributed by atoms with Gasteiger partial charge in [-0.3, -0.25) is 4.68 Å². The maximum absolute atomic E-state index is 6.11. The van der Waals surface area contributed by atoms with Crippen LogP contribution in [-0.4, -0.2) is 23.9 Å². The predicted octanol–water partition coefficient (Wildman–Crippen LogP) is 3.44. The molecule has 0 fully saturated rings. The largest absolute Gasteiger partial charge is 0.495 e. The first-order chi connectivity index (χ1) is 10.1. The van der Waals surface area contributed by atoms with Gasteiger partial charge in [-0.1, -0.05) is 24.6 Å². The van der Waals surface area contributed by atoms with Gasteiger partial charge in [-0.05, 0) is 44.2 Å². The molecule has 0 aliphatic heterocycles. The van der Waals surface area contributed by atoms with E-state index in [9.17, 15) is 0 Å². The summed E-state index contributed by atoms with van der Waals surface area (Å²) in [4.78, 5) is 0. The second-order valence-corrected chi connectivity index (χ2v) is 5.25. The molecule has 0 saturated carbocycles. The molecular formula is C16H22ClN3O. The van der Waals surface area contributed by atoms with Crippen molar-refractivity contribution in [2.24, 2.45) is 0 Å². The number of benzene rings is 1. The van der Waals surface area contributed by atoms with E-state index in [1.54, 1.807) is 7.11 Å². The number of rotatable bonds is 6. The molecule has 1 unspecified atom stereocenters. The van der Waals surface area contributed by atoms with Gasteiger partial charge in [-0.25, -0.2) is 0 Å². The molecule has 0 radical (unpaired) electrons. The maximum atomic E-state index is 6.11. The molecule has 1 aromatic carbocycles. The summed E-state index contributed by atoms with van der Waals surface area (Å²) in [6.07, 6.45) is 0.931. The van der Waals surface area contributed by atoms with Crippen LogP contribution in [0.4, 0.5) is 0 Å². The van der Waals surface area contributed by atoms with E-state index >= 15 is 0 Å². The van der Waals surface area contributed by atoms with Gasteiger partial charge in [0.25, 0.3) is 0 Å². The van der Waals surface area contributed by atoms with Crippen molar-refractivity contribution in [1.82, 2.24) is 15.1 Å². The van der Waals surface area contributed by atoms with Crippen molar-refractivity contribution in [2.75, 3.05) is 14.2 Å². The van der Waals surface area contributed by atoms with Crippen molar-refractivity contribution in [1.29, 1.82) is 0 Å². The van der Waals surface area contributed by atoms with Crippen molar-refractivity contribution in [3.63, 3.8) is 0 Å². The Bertz CT molecular complexity index is 610. The van der Waals surface area contributed by atoms with E-state index < -0.39 is 0 Å². The van der Waals surface area contributed by atoms with Gasteiger partial charge in [-0.2, -0.15) is 5.10 Å². The number of halogens is 1. The van der Waals surface area contributed by atoms with Crippen LogP contribution in [0.25, 0.3) is 0 Å². The Morgan fingerprint density at radius 1 is 1.33 bits per heavy atom. The molecule has 4 nitrogen and oxygen atoms in total. The van der Waals surface area contributed by atoms with Gasteiger partial charge >= 0.3 is 0 Å². The Hall–Kier alpha value is -1.52. The lowest BCUT2D eigenvalue weighted by atomic mass is 10.0. The predicted molar refractivity (Wildman–Crippen MR) is 86.2 cm³/mol. The van der Waals surface area contributed by atoms with Gasteiger partial charge < -0.3 is 10.1 Å². The lowest BCUT2D eigenvalue weighted by Gasteiger charge is -2.19. The Labute approximate surface area is 131 Å². The second kappa shape index (κ2) is 6.96. The Kier molecular flexibility index (Phi) is 5.26. The van der Waals surface area contributed by atoms with Crippen LogP contribution >= 0.6 is 11.6 Å². The summed E-state index contributed by atoms with van der Waals surface area (Å²) in [7, 11) is 3.58. The summed E-state index contributed by atoms with van der Waals surface area (Å²) in [5, 5.41) is 8.60. The summed E-state index contributed by atoms with van der Waals surface area (Å²) >= 11 is 6.11. The summed E-state index contributed by atoms with van der Waals surface area (Å²) in [5.41, 5.74) is 3.37. The fraction of sp³-hybridized carbons (Fsp3) is 0.438. The topological polar surface area (TPSA) is 39.1 Å². The first-order valence-electron chi connectivity index (χ1n) is 7.21. The fourth-order valence-electron chi connectivity index (χ4n) is 2.49. The summed E-state index contributed by atoms with van der Waals surface area (Å²) in [5.74, 6) is 0.688. The van der Waals surface area contributed by atoms with Gasteiger partial charge in [0.05, 0.1) is 29.6 Å². The quantitative estimate of drug-likeness (QED) is 0.888. The van der Waals surface area contributed by atoms with Crippen LogP contribution in [0.15, 0.2) is 24.3 Å². The number of methoxy groups -OCH3 is 1. The number of aromatic nitrogens is 2. The summed E-state index contributed by atoms with van der Waals surface area (Å²) in [6.45, 7) is 5.06. The molecule has 21 heavy (non-hydrogen) atoms. The minimum atomic E-state index is 0.0592.